The van der Waals surface area contributed by atoms with Crippen LogP contribution in [0.15, 0.2) is 42.6 Å². The van der Waals surface area contributed by atoms with Gasteiger partial charge in [-0.15, -0.1) is 0 Å². The van der Waals surface area contributed by atoms with E-state index in [0.717, 1.165) is 26.2 Å². The van der Waals surface area contributed by atoms with Gasteiger partial charge in [0.15, 0.2) is 0 Å². The number of aromatic nitrogens is 1. The van der Waals surface area contributed by atoms with Gasteiger partial charge >= 0.3 is 0 Å². The first kappa shape index (κ1) is 20.7. The Bertz CT molecular complexity index is 654. The van der Waals surface area contributed by atoms with E-state index in [9.17, 15) is 5.11 Å². The molecular weight excluding hydrogens is 324 g/mol. The zero-order valence-corrected chi connectivity index (χ0v) is 17.0. The van der Waals surface area contributed by atoms with Gasteiger partial charge in [0.25, 0.3) is 0 Å². The van der Waals surface area contributed by atoms with Crippen molar-refractivity contribution in [2.75, 3.05) is 26.8 Å². The second-order valence-electron chi connectivity index (χ2n) is 8.30. The summed E-state index contributed by atoms with van der Waals surface area (Å²) in [6.45, 7) is 12.7. The molecule has 0 spiro atoms. The van der Waals surface area contributed by atoms with Crippen molar-refractivity contribution in [1.82, 2.24) is 4.57 Å². The van der Waals surface area contributed by atoms with Crippen LogP contribution in [0.5, 0.6) is 0 Å². The van der Waals surface area contributed by atoms with Gasteiger partial charge in [0.2, 0.25) is 0 Å². The zero-order valence-electron chi connectivity index (χ0n) is 17.0. The minimum Gasteiger partial charge on any atom is -0.388 e. The van der Waals surface area contributed by atoms with Gasteiger partial charge in [-0.2, -0.15) is 0 Å². The van der Waals surface area contributed by atoms with E-state index in [0.29, 0.717) is 6.61 Å². The average Bonchev–Trinajstić information content (AvgIpc) is 2.98. The number of hydrogen-bond donors (Lipinski definition) is 2. The number of nitrogens with one attached hydrogen (secondary N) is 1. The molecule has 0 radical (unpaired) electrons. The van der Waals surface area contributed by atoms with Gasteiger partial charge in [0.05, 0.1) is 12.3 Å². The molecule has 144 valence electrons. The summed E-state index contributed by atoms with van der Waals surface area (Å²) in [5.74, 6) is 0. The summed E-state index contributed by atoms with van der Waals surface area (Å²) in [7, 11) is 1.73. The summed E-state index contributed by atoms with van der Waals surface area (Å²) in [6.07, 6.45) is 1.83. The van der Waals surface area contributed by atoms with Crippen molar-refractivity contribution in [3.05, 3.63) is 59.4 Å². The fraction of sp³-hybridized carbons (Fsp3) is 0.545. The van der Waals surface area contributed by atoms with E-state index >= 15 is 0 Å². The van der Waals surface area contributed by atoms with Crippen LogP contribution in [0.1, 0.15) is 44.5 Å². The van der Waals surface area contributed by atoms with Crippen LogP contribution in [-0.2, 0) is 23.2 Å². The Morgan fingerprint density at radius 2 is 1.85 bits per heavy atom. The lowest BCUT2D eigenvalue weighted by Crippen LogP contribution is -3.12. The summed E-state index contributed by atoms with van der Waals surface area (Å²) >= 11 is 0. The Morgan fingerprint density at radius 3 is 2.42 bits per heavy atom. The second-order valence-corrected chi connectivity index (χ2v) is 8.30. The lowest BCUT2D eigenvalue weighted by atomic mass is 9.87. The number of nitrogens with zero attached hydrogens (tertiary/aromatic N) is 1. The normalized spacial score (nSPS) is 14.4. The largest absolute Gasteiger partial charge is 0.388 e. The third kappa shape index (κ3) is 6.27. The number of benzene rings is 1. The number of aliphatic hydroxyl groups excluding tert-OH is 1. The van der Waals surface area contributed by atoms with E-state index in [1.165, 1.54) is 21.7 Å². The summed E-state index contributed by atoms with van der Waals surface area (Å²) in [5, 5.41) is 9.78. The first-order valence-electron chi connectivity index (χ1n) is 9.53. The maximum atomic E-state index is 9.78. The molecular formula is C22H35N2O2+. The number of hydrogen-bond acceptors (Lipinski definition) is 2. The lowest BCUT2D eigenvalue weighted by molar-refractivity contribution is -0.917. The molecule has 2 rings (SSSR count). The molecule has 0 aliphatic rings. The summed E-state index contributed by atoms with van der Waals surface area (Å²) in [4.78, 5) is 1.34. The monoisotopic (exact) mass is 359 g/mol. The predicted octanol–water partition coefficient (Wildman–Crippen LogP) is 2.25. The molecule has 4 heteroatoms. The number of rotatable bonds is 9. The quantitative estimate of drug-likeness (QED) is 0.721. The van der Waals surface area contributed by atoms with E-state index in [-0.39, 0.29) is 11.5 Å². The molecule has 1 heterocycles. The minimum atomic E-state index is -0.310. The molecule has 0 saturated heterocycles. The topological polar surface area (TPSA) is 38.8 Å². The highest BCUT2D eigenvalue weighted by atomic mass is 16.5. The van der Waals surface area contributed by atoms with Crippen LogP contribution in [0, 0.1) is 0 Å². The van der Waals surface area contributed by atoms with E-state index in [1.54, 1.807) is 7.11 Å². The maximum Gasteiger partial charge on any atom is 0.118 e. The Balaban J connectivity index is 2.07. The fourth-order valence-electron chi connectivity index (χ4n) is 3.25. The minimum absolute atomic E-state index is 0.184. The Labute approximate surface area is 158 Å². The van der Waals surface area contributed by atoms with Crippen molar-refractivity contribution in [3.8, 4) is 0 Å². The van der Waals surface area contributed by atoms with Gasteiger partial charge in [0, 0.05) is 19.9 Å². The average molecular weight is 360 g/mol. The first-order chi connectivity index (χ1) is 12.3. The lowest BCUT2D eigenvalue weighted by Gasteiger charge is -2.22. The molecule has 2 N–H and O–H groups in total. The van der Waals surface area contributed by atoms with Gasteiger partial charge in [-0.3, -0.25) is 0 Å². The number of quaternary nitrogens is 1. The van der Waals surface area contributed by atoms with Crippen molar-refractivity contribution in [2.24, 2.45) is 0 Å². The molecule has 26 heavy (non-hydrogen) atoms. The third-order valence-electron chi connectivity index (χ3n) is 4.77. The molecule has 0 aliphatic heterocycles. The Kier molecular flexibility index (Phi) is 7.44. The summed E-state index contributed by atoms with van der Waals surface area (Å²) in [6, 6.07) is 13.2. The van der Waals surface area contributed by atoms with Gasteiger partial charge < -0.3 is 19.3 Å². The Hall–Kier alpha value is -1.62. The molecule has 2 atom stereocenters. The van der Waals surface area contributed by atoms with E-state index in [1.807, 2.05) is 6.92 Å². The SMILES string of the molecule is COCC[NH+](Cc1cccn1Cc1ccc(C(C)(C)C)cc1)C[C@H](C)O. The second kappa shape index (κ2) is 9.36. The molecule has 0 saturated carbocycles. The van der Waals surface area contributed by atoms with Crippen LogP contribution in [0.3, 0.4) is 0 Å². The van der Waals surface area contributed by atoms with Crippen molar-refractivity contribution < 1.29 is 14.7 Å². The predicted molar refractivity (Wildman–Crippen MR) is 107 cm³/mol. The van der Waals surface area contributed by atoms with Crippen LogP contribution in [0.4, 0.5) is 0 Å². The molecule has 0 amide bonds. The Morgan fingerprint density at radius 1 is 1.15 bits per heavy atom. The molecule has 4 nitrogen and oxygen atoms in total. The number of methoxy groups -OCH3 is 1. The molecule has 1 unspecified atom stereocenters. The molecule has 0 bridgehead atoms. The molecule has 2 aromatic rings. The maximum absolute atomic E-state index is 9.78. The van der Waals surface area contributed by atoms with Crippen molar-refractivity contribution >= 4 is 0 Å². The van der Waals surface area contributed by atoms with Crippen molar-refractivity contribution in [1.29, 1.82) is 0 Å². The molecule has 0 aliphatic carbocycles. The van der Waals surface area contributed by atoms with Gasteiger partial charge in [-0.25, -0.2) is 0 Å². The van der Waals surface area contributed by atoms with Crippen LogP contribution < -0.4 is 4.90 Å². The third-order valence-corrected chi connectivity index (χ3v) is 4.77. The summed E-state index contributed by atoms with van der Waals surface area (Å²) < 4.78 is 7.53. The number of aliphatic hydroxyl groups is 1. The van der Waals surface area contributed by atoms with Crippen molar-refractivity contribution in [2.45, 2.75) is 52.3 Å². The highest BCUT2D eigenvalue weighted by Crippen LogP contribution is 2.22. The van der Waals surface area contributed by atoms with Gasteiger partial charge in [-0.1, -0.05) is 45.0 Å². The molecule has 0 fully saturated rings. The molecule has 1 aromatic carbocycles. The highest BCUT2D eigenvalue weighted by Gasteiger charge is 2.16. The van der Waals surface area contributed by atoms with Gasteiger partial charge in [-0.05, 0) is 35.6 Å². The first-order valence-corrected chi connectivity index (χ1v) is 9.53. The van der Waals surface area contributed by atoms with E-state index in [2.05, 4.69) is 67.9 Å². The smallest absolute Gasteiger partial charge is 0.118 e. The standard InChI is InChI=1S/C22H34N2O2/c1-18(25)15-23(13-14-26-5)17-21-7-6-12-24(21)16-19-8-10-20(11-9-19)22(2,3)4/h6-12,18,25H,13-17H2,1-5H3/p+1/t18-/m0/s1. The van der Waals surface area contributed by atoms with E-state index in [4.69, 9.17) is 4.74 Å². The van der Waals surface area contributed by atoms with E-state index < -0.39 is 0 Å². The summed E-state index contributed by atoms with van der Waals surface area (Å²) in [5.41, 5.74) is 4.14. The highest BCUT2D eigenvalue weighted by molar-refractivity contribution is 5.28. The van der Waals surface area contributed by atoms with Gasteiger partial charge in [0.1, 0.15) is 25.7 Å². The molecule has 1 aromatic heterocycles. The van der Waals surface area contributed by atoms with Crippen LogP contribution in [-0.4, -0.2) is 42.6 Å². The van der Waals surface area contributed by atoms with Crippen LogP contribution >= 0.6 is 0 Å². The van der Waals surface area contributed by atoms with Crippen molar-refractivity contribution in [3.63, 3.8) is 0 Å². The number of ether oxygens (including phenoxy) is 1. The fourth-order valence-corrected chi connectivity index (χ4v) is 3.25. The van der Waals surface area contributed by atoms with Crippen LogP contribution in [0.2, 0.25) is 0 Å². The zero-order chi connectivity index (χ0) is 19.2. The van der Waals surface area contributed by atoms with Crippen LogP contribution in [0.25, 0.3) is 0 Å².